The molecule has 0 unspecified atom stereocenters. The molecule has 1 N–H and O–H groups in total. The van der Waals surface area contributed by atoms with Crippen LogP contribution < -0.4 is 14.8 Å². The number of nitrogens with one attached hydrogen (secondary N) is 1. The highest BCUT2D eigenvalue weighted by Gasteiger charge is 2.26. The molecular formula is C23H19F4NO4. The van der Waals surface area contributed by atoms with Gasteiger partial charge in [0.25, 0.3) is 5.91 Å². The summed E-state index contributed by atoms with van der Waals surface area (Å²) in [6.45, 7) is -0.0885. The molecule has 1 amide bonds. The topological polar surface area (TPSA) is 64.6 Å². The zero-order valence-corrected chi connectivity index (χ0v) is 16.7. The number of amides is 1. The van der Waals surface area contributed by atoms with Crippen molar-refractivity contribution in [2.24, 2.45) is 0 Å². The van der Waals surface area contributed by atoms with Crippen LogP contribution in [-0.2, 0) is 4.79 Å². The van der Waals surface area contributed by atoms with E-state index in [9.17, 15) is 27.2 Å². The molecule has 0 saturated heterocycles. The van der Waals surface area contributed by atoms with Crippen LogP contribution >= 0.6 is 0 Å². The largest absolute Gasteiger partial charge is 0.494 e. The van der Waals surface area contributed by atoms with Gasteiger partial charge in [0.2, 0.25) is 0 Å². The van der Waals surface area contributed by atoms with Gasteiger partial charge in [0.1, 0.15) is 23.1 Å². The van der Waals surface area contributed by atoms with Crippen molar-refractivity contribution in [2.45, 2.75) is 25.4 Å². The van der Waals surface area contributed by atoms with E-state index in [2.05, 4.69) is 5.32 Å². The highest BCUT2D eigenvalue weighted by atomic mass is 19.4. The van der Waals surface area contributed by atoms with Crippen molar-refractivity contribution in [1.29, 1.82) is 0 Å². The Morgan fingerprint density at radius 3 is 2.47 bits per heavy atom. The predicted molar refractivity (Wildman–Crippen MR) is 108 cm³/mol. The van der Waals surface area contributed by atoms with E-state index in [1.54, 1.807) is 12.2 Å². The maximum atomic E-state index is 13.8. The maximum absolute atomic E-state index is 13.8. The molecule has 0 spiro atoms. The van der Waals surface area contributed by atoms with E-state index in [0.717, 1.165) is 12.1 Å². The zero-order valence-electron chi connectivity index (χ0n) is 16.7. The Kier molecular flexibility index (Phi) is 7.29. The van der Waals surface area contributed by atoms with Crippen LogP contribution in [0.4, 0.5) is 17.6 Å². The van der Waals surface area contributed by atoms with Crippen molar-refractivity contribution < 1.29 is 36.6 Å². The summed E-state index contributed by atoms with van der Waals surface area (Å²) in [5, 5.41) is 2.54. The number of ether oxygens (including phenoxy) is 2. The van der Waals surface area contributed by atoms with Crippen LogP contribution in [-0.4, -0.2) is 24.5 Å². The van der Waals surface area contributed by atoms with Gasteiger partial charge < -0.3 is 14.8 Å². The third-order valence-corrected chi connectivity index (χ3v) is 4.30. The number of rotatable bonds is 8. The molecule has 0 aliphatic heterocycles. The second-order valence-electron chi connectivity index (χ2n) is 6.91. The van der Waals surface area contributed by atoms with E-state index in [-0.39, 0.29) is 42.2 Å². The molecule has 0 aromatic heterocycles. The molecular weight excluding hydrogens is 430 g/mol. The molecule has 0 fully saturated rings. The summed E-state index contributed by atoms with van der Waals surface area (Å²) in [4.78, 5) is 24.1. The summed E-state index contributed by atoms with van der Waals surface area (Å²) in [7, 11) is 0. The summed E-state index contributed by atoms with van der Waals surface area (Å²) in [5.41, 5.74) is 0.207. The van der Waals surface area contributed by atoms with E-state index in [4.69, 9.17) is 9.47 Å². The second-order valence-corrected chi connectivity index (χ2v) is 6.91. The van der Waals surface area contributed by atoms with Crippen LogP contribution in [0.3, 0.4) is 0 Å². The predicted octanol–water partition coefficient (Wildman–Crippen LogP) is 5.48. The number of hydrogen-bond acceptors (Lipinski definition) is 4. The Morgan fingerprint density at radius 2 is 1.78 bits per heavy atom. The Labute approximate surface area is 181 Å². The van der Waals surface area contributed by atoms with E-state index in [0.29, 0.717) is 11.5 Å². The molecule has 168 valence electrons. The molecule has 1 aliphatic rings. The number of benzene rings is 2. The van der Waals surface area contributed by atoms with Gasteiger partial charge in [-0.3, -0.25) is 9.59 Å². The number of hydrogen-bond donors (Lipinski definition) is 1. The zero-order chi connectivity index (χ0) is 23.1. The van der Waals surface area contributed by atoms with Crippen LogP contribution in [0, 0.1) is 5.82 Å². The van der Waals surface area contributed by atoms with Gasteiger partial charge in [0, 0.05) is 24.6 Å². The highest BCUT2D eigenvalue weighted by molar-refractivity contribution is 6.00. The van der Waals surface area contributed by atoms with E-state index in [1.807, 2.05) is 0 Å². The lowest BCUT2D eigenvalue weighted by atomic mass is 10.1. The molecule has 2 aromatic rings. The molecule has 0 heterocycles. The fourth-order valence-electron chi connectivity index (χ4n) is 2.82. The minimum atomic E-state index is -4.22. The first kappa shape index (κ1) is 23.1. The standard InChI is InChI=1S/C23H19F4NO4/c24-15-5-10-21(20(13-15)22(30)28-16-3-1-4-17(29)14-16)32-19-8-6-18(7-9-19)31-12-2-11-23(25,26)27/h1,3,5-10,13-14H,2,4,11-12H2,(H,28,30). The van der Waals surface area contributed by atoms with E-state index in [1.165, 1.54) is 36.4 Å². The lowest BCUT2D eigenvalue weighted by Gasteiger charge is -2.13. The van der Waals surface area contributed by atoms with E-state index >= 15 is 0 Å². The Balaban J connectivity index is 1.65. The van der Waals surface area contributed by atoms with Crippen molar-refractivity contribution in [3.63, 3.8) is 0 Å². The average Bonchev–Trinajstić information content (AvgIpc) is 2.73. The molecule has 2 aromatic carbocycles. The highest BCUT2D eigenvalue weighted by Crippen LogP contribution is 2.28. The van der Waals surface area contributed by atoms with Crippen molar-refractivity contribution in [1.82, 2.24) is 5.32 Å². The van der Waals surface area contributed by atoms with Crippen molar-refractivity contribution in [3.05, 3.63) is 77.8 Å². The molecule has 0 radical (unpaired) electrons. The molecule has 0 atom stereocenters. The summed E-state index contributed by atoms with van der Waals surface area (Å²) in [6.07, 6.45) is -0.599. The fourth-order valence-corrected chi connectivity index (χ4v) is 2.82. The number of carbonyl (C=O) groups is 2. The number of carbonyl (C=O) groups excluding carboxylic acids is 2. The molecule has 1 aliphatic carbocycles. The van der Waals surface area contributed by atoms with Crippen LogP contribution in [0.25, 0.3) is 0 Å². The van der Waals surface area contributed by atoms with E-state index < -0.39 is 24.3 Å². The van der Waals surface area contributed by atoms with Crippen LogP contribution in [0.15, 0.2) is 66.4 Å². The van der Waals surface area contributed by atoms with Gasteiger partial charge >= 0.3 is 6.18 Å². The quantitative estimate of drug-likeness (QED) is 0.428. The fraction of sp³-hybridized carbons (Fsp3) is 0.217. The third kappa shape index (κ3) is 6.97. The van der Waals surface area contributed by atoms with Gasteiger partial charge in [-0.25, -0.2) is 4.39 Å². The number of alkyl halides is 3. The van der Waals surface area contributed by atoms with Crippen LogP contribution in [0.5, 0.6) is 17.2 Å². The van der Waals surface area contributed by atoms with Gasteiger partial charge in [0.15, 0.2) is 5.78 Å². The Hall–Kier alpha value is -3.62. The van der Waals surface area contributed by atoms with Gasteiger partial charge in [-0.05, 0) is 55.0 Å². The minimum absolute atomic E-state index is 0.0782. The monoisotopic (exact) mass is 449 g/mol. The molecule has 5 nitrogen and oxygen atoms in total. The Morgan fingerprint density at radius 1 is 1.06 bits per heavy atom. The normalized spacial score (nSPS) is 13.5. The molecule has 0 bridgehead atoms. The summed E-state index contributed by atoms with van der Waals surface area (Å²) < 4.78 is 61.2. The molecule has 32 heavy (non-hydrogen) atoms. The molecule has 3 rings (SSSR count). The lowest BCUT2D eigenvalue weighted by Crippen LogP contribution is -2.24. The number of halogens is 4. The first-order valence-electron chi connectivity index (χ1n) is 9.69. The molecule has 9 heteroatoms. The minimum Gasteiger partial charge on any atom is -0.494 e. The summed E-state index contributed by atoms with van der Waals surface area (Å²) in [5.74, 6) is -0.727. The smallest absolute Gasteiger partial charge is 0.389 e. The molecule has 0 saturated carbocycles. The third-order valence-electron chi connectivity index (χ3n) is 4.30. The number of ketones is 1. The second kappa shape index (κ2) is 10.1. The number of allylic oxidation sites excluding steroid dienone is 3. The summed E-state index contributed by atoms with van der Waals surface area (Å²) >= 11 is 0. The van der Waals surface area contributed by atoms with Crippen molar-refractivity contribution >= 4 is 11.7 Å². The SMILES string of the molecule is O=C1C=C(NC(=O)c2cc(F)ccc2Oc2ccc(OCCCC(F)(F)F)cc2)C=CC1. The van der Waals surface area contributed by atoms with Crippen LogP contribution in [0.1, 0.15) is 29.6 Å². The summed E-state index contributed by atoms with van der Waals surface area (Å²) in [6, 6.07) is 9.47. The average molecular weight is 449 g/mol. The van der Waals surface area contributed by atoms with Crippen molar-refractivity contribution in [2.75, 3.05) is 6.61 Å². The maximum Gasteiger partial charge on any atom is 0.389 e. The van der Waals surface area contributed by atoms with Gasteiger partial charge in [-0.1, -0.05) is 6.08 Å². The lowest BCUT2D eigenvalue weighted by molar-refractivity contribution is -0.136. The Bertz CT molecular complexity index is 1040. The van der Waals surface area contributed by atoms with Gasteiger partial charge in [-0.15, -0.1) is 0 Å². The van der Waals surface area contributed by atoms with Crippen molar-refractivity contribution in [3.8, 4) is 17.2 Å². The van der Waals surface area contributed by atoms with Gasteiger partial charge in [0.05, 0.1) is 12.2 Å². The van der Waals surface area contributed by atoms with Gasteiger partial charge in [-0.2, -0.15) is 13.2 Å². The first-order chi connectivity index (χ1) is 15.2. The first-order valence-corrected chi connectivity index (χ1v) is 9.69. The van der Waals surface area contributed by atoms with Crippen LogP contribution in [0.2, 0.25) is 0 Å².